The number of rotatable bonds is 5. The average Bonchev–Trinajstić information content (AvgIpc) is 3.62. The van der Waals surface area contributed by atoms with Crippen LogP contribution >= 0.6 is 0 Å². The summed E-state index contributed by atoms with van der Waals surface area (Å²) in [5, 5.41) is 6.90. The lowest BCUT2D eigenvalue weighted by Gasteiger charge is -2.13. The molecule has 0 unspecified atom stereocenters. The third kappa shape index (κ3) is 5.03. The first-order chi connectivity index (χ1) is 25.3. The monoisotopic (exact) mass is 652 g/mol. The van der Waals surface area contributed by atoms with Crippen molar-refractivity contribution in [1.29, 1.82) is 0 Å². The molecular weight excluding hydrogens is 625 g/mol. The Morgan fingerprint density at radius 2 is 0.961 bits per heavy atom. The van der Waals surface area contributed by atoms with E-state index < -0.39 is 0 Å². The number of fused-ring (bicyclic) bond motifs is 7. The van der Waals surface area contributed by atoms with Crippen molar-refractivity contribution in [2.24, 2.45) is 0 Å². The third-order valence-corrected chi connectivity index (χ3v) is 9.55. The van der Waals surface area contributed by atoms with Gasteiger partial charge in [-0.25, -0.2) is 15.0 Å². The highest BCUT2D eigenvalue weighted by molar-refractivity contribution is 6.28. The highest BCUT2D eigenvalue weighted by Crippen LogP contribution is 2.44. The zero-order chi connectivity index (χ0) is 33.7. The summed E-state index contributed by atoms with van der Waals surface area (Å²) in [6, 6.07) is 54.3. The van der Waals surface area contributed by atoms with Crippen molar-refractivity contribution in [3.63, 3.8) is 0 Å². The van der Waals surface area contributed by atoms with Crippen molar-refractivity contribution in [1.82, 2.24) is 19.9 Å². The van der Waals surface area contributed by atoms with Crippen molar-refractivity contribution in [3.8, 4) is 56.4 Å². The Morgan fingerprint density at radius 3 is 1.65 bits per heavy atom. The fraction of sp³-hybridized carbons (Fsp3) is 0. The van der Waals surface area contributed by atoms with Crippen LogP contribution in [0.2, 0.25) is 0 Å². The molecule has 5 heteroatoms. The van der Waals surface area contributed by atoms with Gasteiger partial charge in [-0.1, -0.05) is 121 Å². The van der Waals surface area contributed by atoms with E-state index >= 15 is 0 Å². The first-order valence-electron chi connectivity index (χ1n) is 17.0. The molecule has 0 radical (unpaired) electrons. The minimum absolute atomic E-state index is 0.585. The zero-order valence-electron chi connectivity index (χ0n) is 27.4. The summed E-state index contributed by atoms with van der Waals surface area (Å²) in [5.74, 6) is 1.82. The smallest absolute Gasteiger partial charge is 0.164 e. The summed E-state index contributed by atoms with van der Waals surface area (Å²) in [5.41, 5.74) is 8.41. The van der Waals surface area contributed by atoms with Gasteiger partial charge < -0.3 is 4.42 Å². The number of benzene rings is 7. The second kappa shape index (κ2) is 11.9. The van der Waals surface area contributed by atoms with Gasteiger partial charge >= 0.3 is 0 Å². The molecule has 0 atom stereocenters. The molecule has 0 bridgehead atoms. The van der Waals surface area contributed by atoms with Crippen LogP contribution in [0, 0.1) is 0 Å². The Hall–Kier alpha value is -6.98. The van der Waals surface area contributed by atoms with Crippen molar-refractivity contribution in [2.45, 2.75) is 0 Å². The molecule has 7 aromatic carbocycles. The molecule has 0 saturated carbocycles. The quantitative estimate of drug-likeness (QED) is 0.185. The molecule has 0 saturated heterocycles. The highest BCUT2D eigenvalue weighted by Gasteiger charge is 2.20. The summed E-state index contributed by atoms with van der Waals surface area (Å²) in [7, 11) is 0. The van der Waals surface area contributed by atoms with Gasteiger partial charge in [0.1, 0.15) is 11.2 Å². The molecule has 5 nitrogen and oxygen atoms in total. The number of nitrogens with zero attached hydrogens (tertiary/aromatic N) is 4. The first kappa shape index (κ1) is 29.0. The van der Waals surface area contributed by atoms with E-state index in [4.69, 9.17) is 19.4 Å². The van der Waals surface area contributed by atoms with E-state index in [1.54, 1.807) is 6.20 Å². The molecule has 51 heavy (non-hydrogen) atoms. The van der Waals surface area contributed by atoms with E-state index in [2.05, 4.69) is 96.0 Å². The van der Waals surface area contributed by atoms with E-state index in [0.29, 0.717) is 17.5 Å². The molecule has 10 aromatic rings. The average molecular weight is 653 g/mol. The summed E-state index contributed by atoms with van der Waals surface area (Å²) in [6.45, 7) is 0. The zero-order valence-corrected chi connectivity index (χ0v) is 27.4. The predicted molar refractivity (Wildman–Crippen MR) is 207 cm³/mol. The predicted octanol–water partition coefficient (Wildman–Crippen LogP) is 11.8. The maximum atomic E-state index is 6.85. The normalized spacial score (nSPS) is 11.5. The minimum Gasteiger partial charge on any atom is -0.455 e. The summed E-state index contributed by atoms with van der Waals surface area (Å²) in [4.78, 5) is 19.6. The fourth-order valence-electron chi connectivity index (χ4n) is 7.15. The summed E-state index contributed by atoms with van der Waals surface area (Å²) < 4.78 is 6.85. The maximum Gasteiger partial charge on any atom is 0.164 e. The van der Waals surface area contributed by atoms with Crippen LogP contribution in [0.5, 0.6) is 0 Å². The highest BCUT2D eigenvalue weighted by atomic mass is 16.3. The van der Waals surface area contributed by atoms with Crippen LogP contribution in [0.25, 0.3) is 99.9 Å². The van der Waals surface area contributed by atoms with E-state index in [9.17, 15) is 0 Å². The first-order valence-corrected chi connectivity index (χ1v) is 17.0. The molecule has 0 fully saturated rings. The van der Waals surface area contributed by atoms with Gasteiger partial charge in [0.25, 0.3) is 0 Å². The summed E-state index contributed by atoms with van der Waals surface area (Å²) >= 11 is 0. The van der Waals surface area contributed by atoms with Gasteiger partial charge in [0.15, 0.2) is 17.5 Å². The lowest BCUT2D eigenvalue weighted by atomic mass is 9.92. The van der Waals surface area contributed by atoms with Crippen LogP contribution < -0.4 is 0 Å². The molecule has 0 aliphatic rings. The minimum atomic E-state index is 0.585. The van der Waals surface area contributed by atoms with E-state index in [1.807, 2.05) is 72.9 Å². The van der Waals surface area contributed by atoms with Crippen LogP contribution in [0.3, 0.4) is 0 Å². The standard InChI is InChI=1S/C46H28N4O/c1-3-13-30(14-4-1)44-48-45(31-15-5-2-6-16-31)50-46(49-44)36-25-34(33-18-11-23-47-28-33)24-35(26-36)39-27-32-17-8-10-20-38(32)42-41-37-19-9-7-12-29(37)21-22-40(41)51-43(39)42/h1-28H. The second-order valence-corrected chi connectivity index (χ2v) is 12.7. The fourth-order valence-corrected chi connectivity index (χ4v) is 7.15. The Morgan fingerprint density at radius 1 is 0.392 bits per heavy atom. The van der Waals surface area contributed by atoms with Crippen LogP contribution in [-0.4, -0.2) is 19.9 Å². The van der Waals surface area contributed by atoms with E-state index in [1.165, 1.54) is 10.8 Å². The molecule has 238 valence electrons. The van der Waals surface area contributed by atoms with Gasteiger partial charge in [-0.05, 0) is 69.1 Å². The molecule has 0 aliphatic heterocycles. The Kier molecular flexibility index (Phi) is 6.74. The molecule has 3 aromatic heterocycles. The van der Waals surface area contributed by atoms with Gasteiger partial charge in [0.2, 0.25) is 0 Å². The van der Waals surface area contributed by atoms with Crippen LogP contribution in [-0.2, 0) is 0 Å². The maximum absolute atomic E-state index is 6.85. The molecular formula is C46H28N4O. The van der Waals surface area contributed by atoms with Gasteiger partial charge in [-0.3, -0.25) is 4.98 Å². The lowest BCUT2D eigenvalue weighted by molar-refractivity contribution is 0.670. The number of hydrogen-bond donors (Lipinski definition) is 0. The van der Waals surface area contributed by atoms with Crippen LogP contribution in [0.4, 0.5) is 0 Å². The largest absolute Gasteiger partial charge is 0.455 e. The number of furan rings is 1. The Labute approximate surface area is 293 Å². The summed E-state index contributed by atoms with van der Waals surface area (Å²) in [6.07, 6.45) is 3.69. The number of hydrogen-bond acceptors (Lipinski definition) is 5. The van der Waals surface area contributed by atoms with Crippen molar-refractivity contribution in [3.05, 3.63) is 170 Å². The molecule has 10 rings (SSSR count). The molecule has 0 spiro atoms. The third-order valence-electron chi connectivity index (χ3n) is 9.55. The lowest BCUT2D eigenvalue weighted by Crippen LogP contribution is -2.00. The van der Waals surface area contributed by atoms with Crippen molar-refractivity contribution in [2.75, 3.05) is 0 Å². The van der Waals surface area contributed by atoms with E-state index in [0.717, 1.165) is 71.7 Å². The van der Waals surface area contributed by atoms with Gasteiger partial charge in [-0.2, -0.15) is 0 Å². The second-order valence-electron chi connectivity index (χ2n) is 12.7. The number of aromatic nitrogens is 4. The Bertz CT molecular complexity index is 2840. The molecule has 0 amide bonds. The van der Waals surface area contributed by atoms with Crippen LogP contribution in [0.15, 0.2) is 175 Å². The van der Waals surface area contributed by atoms with Gasteiger partial charge in [-0.15, -0.1) is 0 Å². The van der Waals surface area contributed by atoms with Gasteiger partial charge in [0, 0.05) is 51.0 Å². The number of pyridine rings is 1. The molecule has 0 N–H and O–H groups in total. The van der Waals surface area contributed by atoms with Crippen molar-refractivity contribution >= 4 is 43.5 Å². The topological polar surface area (TPSA) is 64.7 Å². The van der Waals surface area contributed by atoms with Crippen LogP contribution in [0.1, 0.15) is 0 Å². The SMILES string of the molecule is c1ccc(-c2nc(-c3ccccc3)nc(-c3cc(-c4cccnc4)cc(-c4cc5ccccc5c5c4oc4ccc6ccccc6c45)c3)n2)cc1. The molecule has 3 heterocycles. The van der Waals surface area contributed by atoms with Crippen molar-refractivity contribution < 1.29 is 4.42 Å². The van der Waals surface area contributed by atoms with Gasteiger partial charge in [0.05, 0.1) is 0 Å². The van der Waals surface area contributed by atoms with E-state index in [-0.39, 0.29) is 0 Å². The molecule has 0 aliphatic carbocycles. The Balaban J connectivity index is 1.28.